The first-order chi connectivity index (χ1) is 39.7. The van der Waals surface area contributed by atoms with Gasteiger partial charge in [-0.3, -0.25) is 4.57 Å². The Balaban J connectivity index is 1.01. The molecule has 0 unspecified atom stereocenters. The minimum Gasteiger partial charge on any atom is -0.457 e. The number of nitrogens with zero attached hydrogens (tertiary/aromatic N) is 4. The molecule has 0 N–H and O–H groups in total. The van der Waals surface area contributed by atoms with Gasteiger partial charge < -0.3 is 4.74 Å². The number of hydrogen-bond acceptors (Lipinski definition) is 2. The van der Waals surface area contributed by atoms with Gasteiger partial charge in [-0.2, -0.15) is 0 Å². The third kappa shape index (κ3) is 10.8. The molecule has 0 fully saturated rings. The maximum absolute atomic E-state index is 9.09. The van der Waals surface area contributed by atoms with E-state index in [4.69, 9.17) is 23.4 Å². The summed E-state index contributed by atoms with van der Waals surface area (Å²) in [6.45, 7) is 15.7. The first-order valence-corrected chi connectivity index (χ1v) is 26.3. The lowest BCUT2D eigenvalue weighted by Gasteiger charge is -2.20. The Bertz CT molecular complexity index is 3950. The second-order valence-electron chi connectivity index (χ2n) is 20.9. The third-order valence-electron chi connectivity index (χ3n) is 13.9. The number of aromatic nitrogens is 2. The maximum Gasteiger partial charge on any atom is 0.496 e. The molecule has 3 heterocycles. The molecule has 9 aromatic rings. The number of pyridine rings is 1. The van der Waals surface area contributed by atoms with Crippen molar-refractivity contribution in [2.45, 2.75) is 118 Å². The minimum absolute atomic E-state index is 0.0123. The fourth-order valence-corrected chi connectivity index (χ4v) is 10.4. The highest BCUT2D eigenvalue weighted by atomic mass is 16.5. The Labute approximate surface area is 448 Å². The van der Waals surface area contributed by atoms with Crippen molar-refractivity contribution < 1.29 is 23.0 Å². The van der Waals surface area contributed by atoms with E-state index in [9.17, 15) is 0 Å². The van der Waals surface area contributed by atoms with Crippen LogP contribution in [-0.4, -0.2) is 26.7 Å². The molecule has 2 aromatic heterocycles. The molecule has 0 aliphatic carbocycles. The van der Waals surface area contributed by atoms with E-state index in [1.807, 2.05) is 73.2 Å². The van der Waals surface area contributed by atoms with Crippen LogP contribution in [0.15, 0.2) is 170 Å². The number of hydrogen-bond donors (Lipinski definition) is 0. The average molecular weight is 971 g/mol. The maximum atomic E-state index is 9.09. The normalized spacial score (nSPS) is 14.4. The van der Waals surface area contributed by atoms with Gasteiger partial charge in [0.25, 0.3) is 11.4 Å². The van der Waals surface area contributed by atoms with Crippen molar-refractivity contribution in [2.75, 3.05) is 6.54 Å². The summed E-state index contributed by atoms with van der Waals surface area (Å²) < 4.78 is 101. The van der Waals surface area contributed by atoms with Crippen molar-refractivity contribution in [2.24, 2.45) is 5.92 Å². The molecule has 1 aliphatic rings. The first kappa shape index (κ1) is 38.3. The van der Waals surface area contributed by atoms with Crippen LogP contribution in [0.2, 0.25) is 0 Å². The number of fused-ring (bicyclic) bond motifs is 4. The SMILES string of the molecule is [2H]c1c([2H])c([2H])c(-c2cc(CC(C)C)cc(-c3c([2H])c([2H])c([2H])c([2H])c3[2H])c2CCCC[N+]2=C=[N+](c3cccc(Oc4cc5c(cc4CCC)c4cc(CCCCC)ccc4n5-c4cc(C(C)(C)C)ccn4)c3)c3ccccc32)c([2H])c1[2H]. The lowest BCUT2D eigenvalue weighted by molar-refractivity contribution is -0.431. The van der Waals surface area contributed by atoms with Gasteiger partial charge in [0.15, 0.2) is 6.54 Å². The van der Waals surface area contributed by atoms with E-state index in [0.29, 0.717) is 54.7 Å². The van der Waals surface area contributed by atoms with Gasteiger partial charge >= 0.3 is 6.01 Å². The second kappa shape index (κ2) is 21.8. The van der Waals surface area contributed by atoms with Crippen molar-refractivity contribution in [3.05, 3.63) is 198 Å². The lowest BCUT2D eigenvalue weighted by Crippen LogP contribution is -2.12. The Morgan fingerprint density at radius 3 is 2.07 bits per heavy atom. The van der Waals surface area contributed by atoms with Gasteiger partial charge in [-0.05, 0) is 141 Å². The van der Waals surface area contributed by atoms with E-state index in [2.05, 4.69) is 104 Å². The fourth-order valence-electron chi connectivity index (χ4n) is 10.4. The highest BCUT2D eigenvalue weighted by Gasteiger charge is 2.34. The highest BCUT2D eigenvalue weighted by molar-refractivity contribution is 6.10. The smallest absolute Gasteiger partial charge is 0.457 e. The molecule has 1 aliphatic heterocycles. The van der Waals surface area contributed by atoms with Crippen LogP contribution >= 0.6 is 0 Å². The van der Waals surface area contributed by atoms with Gasteiger partial charge in [-0.25, -0.2) is 4.98 Å². The number of para-hydroxylation sites is 2. The van der Waals surface area contributed by atoms with Gasteiger partial charge in [0, 0.05) is 47.7 Å². The van der Waals surface area contributed by atoms with Crippen molar-refractivity contribution in [1.82, 2.24) is 14.1 Å². The summed E-state index contributed by atoms with van der Waals surface area (Å²) in [4.78, 5) is 4.98. The van der Waals surface area contributed by atoms with Crippen LogP contribution < -0.4 is 9.31 Å². The van der Waals surface area contributed by atoms with Crippen LogP contribution in [0.5, 0.6) is 11.5 Å². The van der Waals surface area contributed by atoms with E-state index >= 15 is 0 Å². The van der Waals surface area contributed by atoms with Crippen LogP contribution in [0, 0.1) is 5.92 Å². The summed E-state index contributed by atoms with van der Waals surface area (Å²) >= 11 is 0. The molecule has 0 bridgehead atoms. The fraction of sp³-hybridized carbons (Fsp3) is 0.294. The first-order valence-electron chi connectivity index (χ1n) is 31.3. The van der Waals surface area contributed by atoms with Crippen LogP contribution in [-0.2, 0) is 31.1 Å². The Morgan fingerprint density at radius 2 is 1.37 bits per heavy atom. The molecule has 0 spiro atoms. The Hall–Kier alpha value is -7.33. The zero-order chi connectivity index (χ0) is 59.2. The number of aryl methyl sites for hydroxylation is 2. The average Bonchev–Trinajstić information content (AvgIpc) is 4.26. The predicted molar refractivity (Wildman–Crippen MR) is 308 cm³/mol. The zero-order valence-electron chi connectivity index (χ0n) is 53.4. The lowest BCUT2D eigenvalue weighted by atomic mass is 9.85. The van der Waals surface area contributed by atoms with Crippen LogP contribution in [0.1, 0.15) is 129 Å². The molecule has 5 nitrogen and oxygen atoms in total. The molecule has 0 saturated heterocycles. The van der Waals surface area contributed by atoms with E-state index in [-0.39, 0.29) is 46.6 Å². The summed E-state index contributed by atoms with van der Waals surface area (Å²) in [7, 11) is 0. The van der Waals surface area contributed by atoms with E-state index < -0.39 is 36.3 Å². The second-order valence-corrected chi connectivity index (χ2v) is 20.9. The largest absolute Gasteiger partial charge is 0.496 e. The van der Waals surface area contributed by atoms with Gasteiger partial charge in [-0.1, -0.05) is 169 Å². The molecule has 0 atom stereocenters. The number of unbranched alkanes of at least 4 members (excludes halogenated alkanes) is 3. The van der Waals surface area contributed by atoms with E-state index in [1.54, 1.807) is 0 Å². The standard InChI is InChI=1S/C68H72N4O/c1-8-10-13-24-49-34-35-62-60(40-49)61-43-53(23-9-2)66(46-65(61)72(62)67-44-54(36-37-69-67)68(5,6)7)73-56-30-22-29-55(45-56)71-47-70(63-32-18-19-33-64(63)71)38-21-20-31-57-58(51-25-14-11-15-26-51)41-50(39-48(3)4)42-59(57)52-27-16-12-17-28-52/h11-12,14-19,22,25-30,32-37,40-46,48H,8-10,13,20-21,23-24,31,38-39H2,1-7H3/q+2/i11D,12D,14D,15D,16D,17D,25D,26D,27D,28D. The quantitative estimate of drug-likeness (QED) is 0.0597. The highest BCUT2D eigenvalue weighted by Crippen LogP contribution is 2.41. The van der Waals surface area contributed by atoms with Gasteiger partial charge in [0.1, 0.15) is 17.3 Å². The molecule has 368 valence electrons. The van der Waals surface area contributed by atoms with Crippen molar-refractivity contribution in [1.29, 1.82) is 0 Å². The third-order valence-corrected chi connectivity index (χ3v) is 13.9. The Morgan fingerprint density at radius 1 is 0.658 bits per heavy atom. The van der Waals surface area contributed by atoms with Crippen molar-refractivity contribution >= 4 is 44.9 Å². The summed E-state index contributed by atoms with van der Waals surface area (Å²) in [6, 6.07) is 34.9. The van der Waals surface area contributed by atoms with Crippen LogP contribution in [0.25, 0.3) is 49.9 Å². The van der Waals surface area contributed by atoms with Gasteiger partial charge in [-0.15, -0.1) is 0 Å². The molecule has 73 heavy (non-hydrogen) atoms. The Kier molecular flexibility index (Phi) is 11.4. The monoisotopic (exact) mass is 971 g/mol. The number of benzene rings is 7. The predicted octanol–water partition coefficient (Wildman–Crippen LogP) is 18.2. The molecule has 0 radical (unpaired) electrons. The molecule has 0 amide bonds. The van der Waals surface area contributed by atoms with Gasteiger partial charge in [0.2, 0.25) is 5.69 Å². The van der Waals surface area contributed by atoms with E-state index in [0.717, 1.165) is 76.5 Å². The molecular weight excluding hydrogens is 889 g/mol. The molecular formula is C68H72N4O+2. The molecule has 0 saturated carbocycles. The number of ether oxygens (including phenoxy) is 1. The van der Waals surface area contributed by atoms with E-state index in [1.165, 1.54) is 34.7 Å². The molecule has 10 rings (SSSR count). The topological polar surface area (TPSA) is 33.1 Å². The van der Waals surface area contributed by atoms with Gasteiger partial charge in [0.05, 0.1) is 30.8 Å². The van der Waals surface area contributed by atoms with Crippen molar-refractivity contribution in [3.8, 4) is 39.6 Å². The molecule has 7 aromatic carbocycles. The molecule has 5 heteroatoms. The summed E-state index contributed by atoms with van der Waals surface area (Å²) in [6.07, 6.45) is 10.2. The summed E-state index contributed by atoms with van der Waals surface area (Å²) in [5, 5.41) is 2.38. The van der Waals surface area contributed by atoms with Crippen LogP contribution in [0.4, 0.5) is 17.1 Å². The summed E-state index contributed by atoms with van der Waals surface area (Å²) in [5.41, 5.74) is 10.6. The van der Waals surface area contributed by atoms with Crippen LogP contribution in [0.3, 0.4) is 0 Å². The van der Waals surface area contributed by atoms with Crippen molar-refractivity contribution in [3.63, 3.8) is 0 Å². The zero-order valence-corrected chi connectivity index (χ0v) is 43.4. The summed E-state index contributed by atoms with van der Waals surface area (Å²) in [5.74, 6) is 2.47. The number of rotatable bonds is 19. The minimum atomic E-state index is -0.512.